The molecule has 0 saturated heterocycles. The molecule has 1 aliphatic carbocycles. The molecule has 0 heterocycles. The van der Waals surface area contributed by atoms with E-state index in [1.807, 2.05) is 0 Å². The van der Waals surface area contributed by atoms with Crippen molar-refractivity contribution in [3.05, 3.63) is 34.9 Å². The molecule has 0 aromatic heterocycles. The van der Waals surface area contributed by atoms with Gasteiger partial charge in [-0.25, -0.2) is 0 Å². The lowest BCUT2D eigenvalue weighted by molar-refractivity contribution is -0.126. The van der Waals surface area contributed by atoms with E-state index in [0.717, 1.165) is 25.7 Å². The predicted molar refractivity (Wildman–Crippen MR) is 84.9 cm³/mol. The van der Waals surface area contributed by atoms with Gasteiger partial charge in [0.1, 0.15) is 0 Å². The standard InChI is InChI=1S/C16H24N2O.ClH/c1-11-6-7-14(12(2)8-11)10-18-16(19)13-4-3-5-15(17)9-13;/h6-8,13,15H,3-5,9-10,17H2,1-2H3,(H,18,19);1H. The number of nitrogens with two attached hydrogens (primary N) is 1. The average molecular weight is 297 g/mol. The molecule has 20 heavy (non-hydrogen) atoms. The van der Waals surface area contributed by atoms with Crippen LogP contribution in [0, 0.1) is 19.8 Å². The second kappa shape index (κ2) is 7.65. The summed E-state index contributed by atoms with van der Waals surface area (Å²) in [6.07, 6.45) is 3.94. The summed E-state index contributed by atoms with van der Waals surface area (Å²) >= 11 is 0. The maximum atomic E-state index is 12.1. The van der Waals surface area contributed by atoms with E-state index in [2.05, 4.69) is 37.4 Å². The lowest BCUT2D eigenvalue weighted by atomic mass is 9.85. The molecule has 1 amide bonds. The summed E-state index contributed by atoms with van der Waals surface area (Å²) in [6, 6.07) is 6.53. The molecule has 3 N–H and O–H groups in total. The smallest absolute Gasteiger partial charge is 0.223 e. The molecule has 0 spiro atoms. The Morgan fingerprint density at radius 2 is 2.10 bits per heavy atom. The Morgan fingerprint density at radius 1 is 1.35 bits per heavy atom. The van der Waals surface area contributed by atoms with Crippen LogP contribution in [0.15, 0.2) is 18.2 Å². The molecule has 2 rings (SSSR count). The van der Waals surface area contributed by atoms with Gasteiger partial charge in [-0.1, -0.05) is 30.2 Å². The predicted octanol–water partition coefficient (Wildman–Crippen LogP) is 2.86. The minimum atomic E-state index is 0. The summed E-state index contributed by atoms with van der Waals surface area (Å²) in [5, 5.41) is 3.06. The van der Waals surface area contributed by atoms with E-state index in [4.69, 9.17) is 5.73 Å². The highest BCUT2D eigenvalue weighted by molar-refractivity contribution is 5.85. The highest BCUT2D eigenvalue weighted by Crippen LogP contribution is 2.23. The van der Waals surface area contributed by atoms with Crippen LogP contribution in [-0.2, 0) is 11.3 Å². The monoisotopic (exact) mass is 296 g/mol. The average Bonchev–Trinajstić information content (AvgIpc) is 2.37. The van der Waals surface area contributed by atoms with Crippen LogP contribution in [0.1, 0.15) is 42.4 Å². The van der Waals surface area contributed by atoms with Gasteiger partial charge in [-0.3, -0.25) is 4.79 Å². The van der Waals surface area contributed by atoms with Crippen LogP contribution >= 0.6 is 12.4 Å². The molecule has 2 unspecified atom stereocenters. The van der Waals surface area contributed by atoms with E-state index in [9.17, 15) is 4.79 Å². The second-order valence-electron chi connectivity index (χ2n) is 5.77. The number of carbonyl (C=O) groups is 1. The summed E-state index contributed by atoms with van der Waals surface area (Å²) in [5.74, 6) is 0.268. The Kier molecular flexibility index (Phi) is 6.50. The number of hydrogen-bond donors (Lipinski definition) is 2. The van der Waals surface area contributed by atoms with Gasteiger partial charge in [0.15, 0.2) is 0 Å². The summed E-state index contributed by atoms with van der Waals surface area (Å²) in [4.78, 5) is 12.1. The van der Waals surface area contributed by atoms with Crippen molar-refractivity contribution in [2.45, 2.75) is 52.1 Å². The van der Waals surface area contributed by atoms with Crippen molar-refractivity contribution in [2.75, 3.05) is 0 Å². The molecule has 0 bridgehead atoms. The third kappa shape index (κ3) is 4.50. The first-order valence-corrected chi connectivity index (χ1v) is 7.15. The van der Waals surface area contributed by atoms with Gasteiger partial charge in [0, 0.05) is 18.5 Å². The maximum absolute atomic E-state index is 12.1. The molecule has 1 aromatic rings. The number of hydrogen-bond acceptors (Lipinski definition) is 2. The normalized spacial score (nSPS) is 21.9. The van der Waals surface area contributed by atoms with Crippen LogP contribution in [0.2, 0.25) is 0 Å². The van der Waals surface area contributed by atoms with E-state index in [1.54, 1.807) is 0 Å². The quantitative estimate of drug-likeness (QED) is 0.901. The molecule has 112 valence electrons. The van der Waals surface area contributed by atoms with Gasteiger partial charge < -0.3 is 11.1 Å². The molecular weight excluding hydrogens is 272 g/mol. The second-order valence-corrected chi connectivity index (χ2v) is 5.77. The summed E-state index contributed by atoms with van der Waals surface area (Å²) in [7, 11) is 0. The van der Waals surface area contributed by atoms with E-state index in [1.165, 1.54) is 16.7 Å². The molecule has 1 fully saturated rings. The third-order valence-corrected chi connectivity index (χ3v) is 4.04. The number of nitrogens with one attached hydrogen (secondary N) is 1. The topological polar surface area (TPSA) is 55.1 Å². The van der Waals surface area contributed by atoms with Gasteiger partial charge in [0.25, 0.3) is 0 Å². The third-order valence-electron chi connectivity index (χ3n) is 4.04. The van der Waals surface area contributed by atoms with Crippen molar-refractivity contribution >= 4 is 18.3 Å². The number of benzene rings is 1. The van der Waals surface area contributed by atoms with Crippen LogP contribution in [0.5, 0.6) is 0 Å². The zero-order valence-electron chi connectivity index (χ0n) is 12.3. The number of rotatable bonds is 3. The van der Waals surface area contributed by atoms with Crippen molar-refractivity contribution in [1.29, 1.82) is 0 Å². The van der Waals surface area contributed by atoms with Crippen molar-refractivity contribution in [3.63, 3.8) is 0 Å². The molecule has 1 aliphatic rings. The van der Waals surface area contributed by atoms with E-state index < -0.39 is 0 Å². The van der Waals surface area contributed by atoms with Gasteiger partial charge >= 0.3 is 0 Å². The summed E-state index contributed by atoms with van der Waals surface area (Å²) in [6.45, 7) is 4.79. The number of carbonyl (C=O) groups excluding carboxylic acids is 1. The fraction of sp³-hybridized carbons (Fsp3) is 0.562. The highest BCUT2D eigenvalue weighted by Gasteiger charge is 2.24. The number of aryl methyl sites for hydroxylation is 2. The first-order chi connectivity index (χ1) is 9.06. The number of halogens is 1. The van der Waals surface area contributed by atoms with Crippen molar-refractivity contribution < 1.29 is 4.79 Å². The molecule has 2 atom stereocenters. The summed E-state index contributed by atoms with van der Waals surface area (Å²) in [5.41, 5.74) is 9.62. The largest absolute Gasteiger partial charge is 0.352 e. The van der Waals surface area contributed by atoms with Crippen molar-refractivity contribution in [3.8, 4) is 0 Å². The summed E-state index contributed by atoms with van der Waals surface area (Å²) < 4.78 is 0. The van der Waals surface area contributed by atoms with Gasteiger partial charge in [-0.15, -0.1) is 12.4 Å². The minimum Gasteiger partial charge on any atom is -0.352 e. The Labute approximate surface area is 127 Å². The van der Waals surface area contributed by atoms with Gasteiger partial charge in [0.05, 0.1) is 0 Å². The first-order valence-electron chi connectivity index (χ1n) is 7.15. The van der Waals surface area contributed by atoms with Gasteiger partial charge in [-0.05, 0) is 44.2 Å². The van der Waals surface area contributed by atoms with Crippen LogP contribution < -0.4 is 11.1 Å². The molecule has 1 saturated carbocycles. The molecule has 0 radical (unpaired) electrons. The molecule has 3 nitrogen and oxygen atoms in total. The van der Waals surface area contributed by atoms with Crippen molar-refractivity contribution in [2.24, 2.45) is 11.7 Å². The minimum absolute atomic E-state index is 0. The zero-order chi connectivity index (χ0) is 13.8. The lowest BCUT2D eigenvalue weighted by Crippen LogP contribution is -2.37. The van der Waals surface area contributed by atoms with Crippen LogP contribution in [0.25, 0.3) is 0 Å². The highest BCUT2D eigenvalue weighted by atomic mass is 35.5. The first kappa shape index (κ1) is 17.0. The van der Waals surface area contributed by atoms with E-state index in [-0.39, 0.29) is 30.3 Å². The molecule has 1 aromatic carbocycles. The molecular formula is C16H25ClN2O. The molecule has 4 heteroatoms. The van der Waals surface area contributed by atoms with Crippen LogP contribution in [0.3, 0.4) is 0 Å². The fourth-order valence-corrected chi connectivity index (χ4v) is 2.84. The molecule has 0 aliphatic heterocycles. The number of amides is 1. The zero-order valence-corrected chi connectivity index (χ0v) is 13.1. The fourth-order valence-electron chi connectivity index (χ4n) is 2.84. The van der Waals surface area contributed by atoms with E-state index >= 15 is 0 Å². The SMILES string of the molecule is Cc1ccc(CNC(=O)C2CCCC(N)C2)c(C)c1.Cl. The van der Waals surface area contributed by atoms with Crippen LogP contribution in [0.4, 0.5) is 0 Å². The Morgan fingerprint density at radius 3 is 2.75 bits per heavy atom. The van der Waals surface area contributed by atoms with E-state index in [0.29, 0.717) is 6.54 Å². The Bertz CT molecular complexity index is 462. The lowest BCUT2D eigenvalue weighted by Gasteiger charge is -2.25. The Hall–Kier alpha value is -1.06. The Balaban J connectivity index is 0.00000200. The maximum Gasteiger partial charge on any atom is 0.223 e. The van der Waals surface area contributed by atoms with Gasteiger partial charge in [-0.2, -0.15) is 0 Å². The van der Waals surface area contributed by atoms with Crippen molar-refractivity contribution in [1.82, 2.24) is 5.32 Å². The van der Waals surface area contributed by atoms with Gasteiger partial charge in [0.2, 0.25) is 5.91 Å². The van der Waals surface area contributed by atoms with Crippen LogP contribution in [-0.4, -0.2) is 11.9 Å².